The van der Waals surface area contributed by atoms with Crippen molar-refractivity contribution in [3.63, 3.8) is 0 Å². The van der Waals surface area contributed by atoms with Crippen LogP contribution in [0.1, 0.15) is 19.4 Å². The highest BCUT2D eigenvalue weighted by Crippen LogP contribution is 2.41. The van der Waals surface area contributed by atoms with E-state index in [2.05, 4.69) is 0 Å². The second kappa shape index (κ2) is 7.03. The van der Waals surface area contributed by atoms with Crippen molar-refractivity contribution in [3.05, 3.63) is 23.8 Å². The summed E-state index contributed by atoms with van der Waals surface area (Å²) in [5.41, 5.74) is 0.885. The average molecular weight is 390 g/mol. The minimum Gasteiger partial charge on any atom is -0.508 e. The number of hydrogen-bond donors (Lipinski definition) is 2. The van der Waals surface area contributed by atoms with Crippen LogP contribution in [0.4, 0.5) is 0 Å². The molecule has 2 heterocycles. The molecule has 0 aliphatic carbocycles. The molecule has 26 heavy (non-hydrogen) atoms. The summed E-state index contributed by atoms with van der Waals surface area (Å²) in [5.74, 6) is 1.59. The molecule has 1 atom stereocenters. The molecule has 0 radical (unpaired) electrons. The predicted octanol–water partition coefficient (Wildman–Crippen LogP) is -3.30. The summed E-state index contributed by atoms with van der Waals surface area (Å²) in [7, 11) is -1.43. The maximum Gasteiger partial charge on any atom is 0.375 e. The summed E-state index contributed by atoms with van der Waals surface area (Å²) in [5, 5.41) is 20.8. The SMILES string of the molecule is COc1c2c([n+](C)c3ccc(O)cc13)OC(C(C)(C)O)C2.[O-][Cl+3]([O-])([O-])[O-]. The van der Waals surface area contributed by atoms with Crippen molar-refractivity contribution in [1.82, 2.24) is 0 Å². The van der Waals surface area contributed by atoms with E-state index >= 15 is 0 Å². The lowest BCUT2D eigenvalue weighted by Gasteiger charge is -2.23. The molecule has 1 aromatic carbocycles. The van der Waals surface area contributed by atoms with Crippen LogP contribution in [0.2, 0.25) is 0 Å². The Morgan fingerprint density at radius 1 is 1.27 bits per heavy atom. The minimum atomic E-state index is -4.94. The van der Waals surface area contributed by atoms with Crippen molar-refractivity contribution >= 4 is 10.9 Å². The van der Waals surface area contributed by atoms with Crippen LogP contribution < -0.4 is 32.7 Å². The number of nitrogens with zero attached hydrogens (tertiary/aromatic N) is 1. The van der Waals surface area contributed by atoms with Crippen LogP contribution >= 0.6 is 0 Å². The van der Waals surface area contributed by atoms with Gasteiger partial charge in [0, 0.05) is 12.5 Å². The summed E-state index contributed by atoms with van der Waals surface area (Å²) in [6.07, 6.45) is 0.250. The number of benzene rings is 1. The van der Waals surface area contributed by atoms with Crippen LogP contribution in [0.5, 0.6) is 17.4 Å². The molecule has 0 saturated carbocycles. The molecule has 2 N–H and O–H groups in total. The fraction of sp³-hybridized carbons (Fsp3) is 0.438. The fourth-order valence-corrected chi connectivity index (χ4v) is 2.89. The number of rotatable bonds is 2. The maximum absolute atomic E-state index is 10.2. The number of pyridine rings is 1. The van der Waals surface area contributed by atoms with E-state index in [4.69, 9.17) is 28.1 Å². The number of aromatic nitrogens is 1. The molecular formula is C16H20ClNO8. The van der Waals surface area contributed by atoms with Gasteiger partial charge in [0.05, 0.1) is 18.1 Å². The first-order chi connectivity index (χ1) is 11.8. The lowest BCUT2D eigenvalue weighted by Crippen LogP contribution is -2.68. The lowest BCUT2D eigenvalue weighted by molar-refractivity contribution is -2.00. The van der Waals surface area contributed by atoms with Crippen LogP contribution in [0.3, 0.4) is 0 Å². The van der Waals surface area contributed by atoms with Crippen molar-refractivity contribution in [2.24, 2.45) is 7.05 Å². The van der Waals surface area contributed by atoms with Crippen LogP contribution in [0.15, 0.2) is 18.2 Å². The molecule has 1 aliphatic heterocycles. The van der Waals surface area contributed by atoms with E-state index in [0.717, 1.165) is 16.5 Å². The first-order valence-corrected chi connectivity index (χ1v) is 8.78. The van der Waals surface area contributed by atoms with Crippen LogP contribution in [-0.4, -0.2) is 29.0 Å². The van der Waals surface area contributed by atoms with E-state index in [0.29, 0.717) is 18.1 Å². The van der Waals surface area contributed by atoms with Gasteiger partial charge >= 0.3 is 5.88 Å². The number of ether oxygens (including phenoxy) is 2. The molecule has 0 bridgehead atoms. The van der Waals surface area contributed by atoms with E-state index in [-0.39, 0.29) is 11.9 Å². The van der Waals surface area contributed by atoms with E-state index in [9.17, 15) is 10.2 Å². The summed E-state index contributed by atoms with van der Waals surface area (Å²) >= 11 is 0. The van der Waals surface area contributed by atoms with E-state index in [1.807, 2.05) is 17.7 Å². The van der Waals surface area contributed by atoms with E-state index < -0.39 is 15.8 Å². The molecule has 0 saturated heterocycles. The Morgan fingerprint density at radius 3 is 2.35 bits per heavy atom. The van der Waals surface area contributed by atoms with Crippen LogP contribution in [0.25, 0.3) is 10.9 Å². The molecule has 2 aromatic rings. The fourth-order valence-electron chi connectivity index (χ4n) is 2.89. The smallest absolute Gasteiger partial charge is 0.375 e. The van der Waals surface area contributed by atoms with Gasteiger partial charge in [0.2, 0.25) is 5.52 Å². The highest BCUT2D eigenvalue weighted by Gasteiger charge is 2.42. The van der Waals surface area contributed by atoms with Gasteiger partial charge in [0.1, 0.15) is 30.2 Å². The maximum atomic E-state index is 10.2. The molecule has 1 aliphatic rings. The topological polar surface area (TPSA) is 155 Å². The van der Waals surface area contributed by atoms with Gasteiger partial charge in [-0.1, -0.05) is 0 Å². The van der Waals surface area contributed by atoms with Gasteiger partial charge in [-0.25, -0.2) is 18.6 Å². The van der Waals surface area contributed by atoms with Crippen molar-refractivity contribution < 1.29 is 53.1 Å². The molecular weight excluding hydrogens is 370 g/mol. The summed E-state index contributed by atoms with van der Waals surface area (Å²) in [6.45, 7) is 3.48. The van der Waals surface area contributed by atoms with Crippen LogP contribution in [-0.2, 0) is 13.5 Å². The Balaban J connectivity index is 0.000000431. The molecule has 0 amide bonds. The zero-order valence-corrected chi connectivity index (χ0v) is 15.4. The average Bonchev–Trinajstić information content (AvgIpc) is 2.91. The lowest BCUT2D eigenvalue weighted by atomic mass is 9.96. The number of phenols is 1. The third kappa shape index (κ3) is 4.44. The number of methoxy groups -OCH3 is 1. The minimum absolute atomic E-state index is 0.193. The van der Waals surface area contributed by atoms with Gasteiger partial charge in [-0.3, -0.25) is 0 Å². The zero-order valence-electron chi connectivity index (χ0n) is 14.7. The number of fused-ring (bicyclic) bond motifs is 2. The normalized spacial score (nSPS) is 16.6. The molecule has 10 heteroatoms. The van der Waals surface area contributed by atoms with Gasteiger partial charge in [-0.15, -0.1) is 10.2 Å². The van der Waals surface area contributed by atoms with Crippen LogP contribution in [0, 0.1) is 10.2 Å². The standard InChI is InChI=1S/C16H19NO4.ClHO4/c1-16(2,19)13-8-11-14(20-4)10-7-9(18)5-6-12(10)17(3)15(11)21-13;2-1(3,4)5/h5-7,13,19H,8H2,1-4H3;(H,2,3,4,5). The van der Waals surface area contributed by atoms with Crippen molar-refractivity contribution in [2.75, 3.05) is 7.11 Å². The Hall–Kier alpha value is -1.88. The van der Waals surface area contributed by atoms with E-state index in [1.165, 1.54) is 0 Å². The third-order valence-electron chi connectivity index (χ3n) is 4.06. The van der Waals surface area contributed by atoms with Gasteiger partial charge < -0.3 is 19.7 Å². The van der Waals surface area contributed by atoms with Gasteiger partial charge in [-0.05, 0) is 26.0 Å². The zero-order chi connectivity index (χ0) is 19.9. The molecule has 9 nitrogen and oxygen atoms in total. The third-order valence-corrected chi connectivity index (χ3v) is 4.06. The highest BCUT2D eigenvalue weighted by atomic mass is 35.7. The Morgan fingerprint density at radius 2 is 1.85 bits per heavy atom. The Bertz CT molecular complexity index is 807. The second-order valence-corrected chi connectivity index (χ2v) is 7.18. The summed E-state index contributed by atoms with van der Waals surface area (Å²) in [6, 6.07) is 5.15. The number of aliphatic hydroxyl groups is 1. The molecule has 0 spiro atoms. The quantitative estimate of drug-likeness (QED) is 0.506. The summed E-state index contributed by atoms with van der Waals surface area (Å²) in [4.78, 5) is 0. The van der Waals surface area contributed by atoms with Crippen molar-refractivity contribution in [3.8, 4) is 17.4 Å². The van der Waals surface area contributed by atoms with Gasteiger partial charge in [-0.2, -0.15) is 4.57 Å². The monoisotopic (exact) mass is 389 g/mol. The van der Waals surface area contributed by atoms with Crippen molar-refractivity contribution in [1.29, 1.82) is 0 Å². The Kier molecular flexibility index (Phi) is 5.52. The number of phenolic OH excluding ortho intramolecular Hbond substituents is 1. The molecule has 0 fully saturated rings. The molecule has 1 aromatic heterocycles. The Labute approximate surface area is 152 Å². The van der Waals surface area contributed by atoms with Gasteiger partial charge in [0.25, 0.3) is 0 Å². The number of halogens is 1. The molecule has 144 valence electrons. The number of aromatic hydroxyl groups is 1. The number of aryl methyl sites for hydroxylation is 1. The second-order valence-electron chi connectivity index (χ2n) is 6.42. The van der Waals surface area contributed by atoms with E-state index in [1.54, 1.807) is 33.1 Å². The van der Waals surface area contributed by atoms with Crippen molar-refractivity contribution in [2.45, 2.75) is 32.0 Å². The number of hydrogen-bond acceptors (Lipinski definition) is 8. The molecule has 3 rings (SSSR count). The summed E-state index contributed by atoms with van der Waals surface area (Å²) < 4.78 is 47.4. The largest absolute Gasteiger partial charge is 0.508 e. The highest BCUT2D eigenvalue weighted by molar-refractivity contribution is 5.86. The first-order valence-electron chi connectivity index (χ1n) is 7.55. The van der Waals surface area contributed by atoms with Gasteiger partial charge in [0.15, 0.2) is 0 Å². The molecule has 1 unspecified atom stereocenters. The predicted molar refractivity (Wildman–Crippen MR) is 77.8 cm³/mol. The first kappa shape index (κ1) is 20.4.